The molecular weight excluding hydrogens is 388 g/mol. The van der Waals surface area contributed by atoms with Gasteiger partial charge in [-0.25, -0.2) is 0 Å². The SMILES string of the molecule is Cc1c(COc2ccc(C=O)cc2)cccc1-c1cccc(OCCC(C)(C)O)c1C. The van der Waals surface area contributed by atoms with E-state index in [4.69, 9.17) is 9.47 Å². The Morgan fingerprint density at radius 3 is 2.16 bits per heavy atom. The first kappa shape index (κ1) is 22.6. The molecule has 3 rings (SSSR count). The number of carbonyl (C=O) groups excluding carboxylic acids is 1. The van der Waals surface area contributed by atoms with Gasteiger partial charge < -0.3 is 14.6 Å². The van der Waals surface area contributed by atoms with Crippen molar-refractivity contribution in [2.45, 2.75) is 46.3 Å². The van der Waals surface area contributed by atoms with Crippen molar-refractivity contribution in [2.75, 3.05) is 6.61 Å². The summed E-state index contributed by atoms with van der Waals surface area (Å²) in [6, 6.07) is 19.4. The van der Waals surface area contributed by atoms with Gasteiger partial charge in [0.1, 0.15) is 24.4 Å². The summed E-state index contributed by atoms with van der Waals surface area (Å²) in [5.41, 5.74) is 5.48. The van der Waals surface area contributed by atoms with Crippen LogP contribution in [0.25, 0.3) is 11.1 Å². The van der Waals surface area contributed by atoms with Gasteiger partial charge >= 0.3 is 0 Å². The quantitative estimate of drug-likeness (QED) is 0.440. The predicted molar refractivity (Wildman–Crippen MR) is 124 cm³/mol. The van der Waals surface area contributed by atoms with Crippen LogP contribution in [0.1, 0.15) is 47.3 Å². The van der Waals surface area contributed by atoms with E-state index in [1.165, 1.54) is 0 Å². The number of aliphatic hydroxyl groups is 1. The van der Waals surface area contributed by atoms with Gasteiger partial charge in [0.25, 0.3) is 0 Å². The summed E-state index contributed by atoms with van der Waals surface area (Å²) in [5.74, 6) is 1.56. The summed E-state index contributed by atoms with van der Waals surface area (Å²) in [6.07, 6.45) is 1.39. The summed E-state index contributed by atoms with van der Waals surface area (Å²) in [6.45, 7) is 8.64. The van der Waals surface area contributed by atoms with Crippen molar-refractivity contribution in [3.8, 4) is 22.6 Å². The maximum absolute atomic E-state index is 10.8. The van der Waals surface area contributed by atoms with Gasteiger partial charge in [0.05, 0.1) is 12.2 Å². The molecule has 3 aromatic rings. The molecule has 0 spiro atoms. The highest BCUT2D eigenvalue weighted by Crippen LogP contribution is 2.33. The number of hydrogen-bond donors (Lipinski definition) is 1. The third kappa shape index (κ3) is 5.96. The van der Waals surface area contributed by atoms with Crippen LogP contribution in [0.15, 0.2) is 60.7 Å². The molecule has 0 amide bonds. The molecule has 0 aliphatic heterocycles. The lowest BCUT2D eigenvalue weighted by Gasteiger charge is -2.19. The maximum atomic E-state index is 10.8. The van der Waals surface area contributed by atoms with E-state index >= 15 is 0 Å². The van der Waals surface area contributed by atoms with E-state index in [1.54, 1.807) is 26.0 Å². The second-order valence-corrected chi connectivity index (χ2v) is 8.40. The first-order chi connectivity index (χ1) is 14.8. The third-order valence-electron chi connectivity index (χ3n) is 5.40. The van der Waals surface area contributed by atoms with Crippen LogP contribution in [0, 0.1) is 13.8 Å². The second-order valence-electron chi connectivity index (χ2n) is 8.40. The van der Waals surface area contributed by atoms with Crippen LogP contribution < -0.4 is 9.47 Å². The lowest BCUT2D eigenvalue weighted by atomic mass is 9.93. The summed E-state index contributed by atoms with van der Waals surface area (Å²) in [5, 5.41) is 9.92. The van der Waals surface area contributed by atoms with Crippen molar-refractivity contribution in [2.24, 2.45) is 0 Å². The van der Waals surface area contributed by atoms with E-state index in [2.05, 4.69) is 32.0 Å². The maximum Gasteiger partial charge on any atom is 0.150 e. The Kier molecular flexibility index (Phi) is 7.13. The minimum absolute atomic E-state index is 0.445. The van der Waals surface area contributed by atoms with Crippen LogP contribution in [0.2, 0.25) is 0 Å². The molecule has 0 aromatic heterocycles. The first-order valence-corrected chi connectivity index (χ1v) is 10.5. The van der Waals surface area contributed by atoms with Crippen molar-refractivity contribution in [1.82, 2.24) is 0 Å². The molecule has 0 heterocycles. The highest BCUT2D eigenvalue weighted by molar-refractivity contribution is 5.75. The largest absolute Gasteiger partial charge is 0.493 e. The minimum atomic E-state index is -0.746. The Morgan fingerprint density at radius 2 is 1.52 bits per heavy atom. The lowest BCUT2D eigenvalue weighted by Crippen LogP contribution is -2.21. The zero-order valence-corrected chi connectivity index (χ0v) is 18.6. The van der Waals surface area contributed by atoms with E-state index in [-0.39, 0.29) is 0 Å². The first-order valence-electron chi connectivity index (χ1n) is 10.5. The fraction of sp³-hybridized carbons (Fsp3) is 0.296. The summed E-state index contributed by atoms with van der Waals surface area (Å²) in [7, 11) is 0. The van der Waals surface area contributed by atoms with E-state index in [0.717, 1.165) is 45.6 Å². The van der Waals surface area contributed by atoms with Gasteiger partial charge in [0.15, 0.2) is 0 Å². The molecule has 0 unspecified atom stereocenters. The van der Waals surface area contributed by atoms with E-state index in [0.29, 0.717) is 25.2 Å². The molecule has 31 heavy (non-hydrogen) atoms. The molecule has 0 radical (unpaired) electrons. The molecule has 0 saturated heterocycles. The topological polar surface area (TPSA) is 55.8 Å². The summed E-state index contributed by atoms with van der Waals surface area (Å²) < 4.78 is 11.9. The van der Waals surface area contributed by atoms with Gasteiger partial charge in [-0.1, -0.05) is 30.3 Å². The van der Waals surface area contributed by atoms with Crippen LogP contribution in [-0.2, 0) is 6.61 Å². The number of carbonyl (C=O) groups is 1. The van der Waals surface area contributed by atoms with Crippen molar-refractivity contribution >= 4 is 6.29 Å². The number of rotatable bonds is 9. The smallest absolute Gasteiger partial charge is 0.150 e. The van der Waals surface area contributed by atoms with Crippen molar-refractivity contribution < 1.29 is 19.4 Å². The van der Waals surface area contributed by atoms with Gasteiger partial charge in [-0.05, 0) is 85.8 Å². The fourth-order valence-corrected chi connectivity index (χ4v) is 3.41. The molecule has 0 saturated carbocycles. The van der Waals surface area contributed by atoms with Crippen LogP contribution >= 0.6 is 0 Å². The Hall–Kier alpha value is -3.11. The predicted octanol–water partition coefficient (Wildman–Crippen LogP) is 5.90. The van der Waals surface area contributed by atoms with Gasteiger partial charge in [0.2, 0.25) is 0 Å². The van der Waals surface area contributed by atoms with Gasteiger partial charge in [-0.3, -0.25) is 4.79 Å². The normalized spacial score (nSPS) is 11.3. The van der Waals surface area contributed by atoms with Crippen molar-refractivity contribution in [3.63, 3.8) is 0 Å². The fourth-order valence-electron chi connectivity index (χ4n) is 3.41. The Bertz CT molecular complexity index is 1030. The van der Waals surface area contributed by atoms with Crippen LogP contribution in [0.4, 0.5) is 0 Å². The average molecular weight is 419 g/mol. The number of ether oxygens (including phenoxy) is 2. The van der Waals surface area contributed by atoms with E-state index in [1.807, 2.05) is 30.3 Å². The standard InChI is InChI=1S/C27H30O4/c1-19-22(18-31-23-13-11-21(17-28)12-14-23)7-5-8-24(19)25-9-6-10-26(20(25)2)30-16-15-27(3,4)29/h5-14,17,29H,15-16,18H2,1-4H3. The van der Waals surface area contributed by atoms with Crippen molar-refractivity contribution in [3.05, 3.63) is 82.9 Å². The Labute approximate surface area is 184 Å². The molecule has 0 aliphatic carbocycles. The third-order valence-corrected chi connectivity index (χ3v) is 5.40. The van der Waals surface area contributed by atoms with E-state index in [9.17, 15) is 9.90 Å². The molecule has 4 heteroatoms. The molecule has 0 atom stereocenters. The highest BCUT2D eigenvalue weighted by Gasteiger charge is 2.15. The average Bonchev–Trinajstić information content (AvgIpc) is 2.74. The molecule has 3 aromatic carbocycles. The van der Waals surface area contributed by atoms with Crippen LogP contribution in [-0.4, -0.2) is 23.6 Å². The molecule has 0 fully saturated rings. The van der Waals surface area contributed by atoms with Crippen LogP contribution in [0.3, 0.4) is 0 Å². The number of benzene rings is 3. The number of aldehydes is 1. The molecule has 0 aliphatic rings. The molecule has 1 N–H and O–H groups in total. The Morgan fingerprint density at radius 1 is 0.871 bits per heavy atom. The Balaban J connectivity index is 1.78. The summed E-state index contributed by atoms with van der Waals surface area (Å²) in [4.78, 5) is 10.8. The zero-order chi connectivity index (χ0) is 22.4. The van der Waals surface area contributed by atoms with Crippen LogP contribution in [0.5, 0.6) is 11.5 Å². The zero-order valence-electron chi connectivity index (χ0n) is 18.6. The highest BCUT2D eigenvalue weighted by atomic mass is 16.5. The monoisotopic (exact) mass is 418 g/mol. The molecule has 4 nitrogen and oxygen atoms in total. The number of hydrogen-bond acceptors (Lipinski definition) is 4. The molecular formula is C27H30O4. The lowest BCUT2D eigenvalue weighted by molar-refractivity contribution is 0.0552. The second kappa shape index (κ2) is 9.80. The van der Waals surface area contributed by atoms with Gasteiger partial charge in [-0.2, -0.15) is 0 Å². The van der Waals surface area contributed by atoms with Gasteiger partial charge in [-0.15, -0.1) is 0 Å². The summed E-state index contributed by atoms with van der Waals surface area (Å²) >= 11 is 0. The van der Waals surface area contributed by atoms with Gasteiger partial charge in [0, 0.05) is 12.0 Å². The minimum Gasteiger partial charge on any atom is -0.493 e. The van der Waals surface area contributed by atoms with Crippen molar-refractivity contribution in [1.29, 1.82) is 0 Å². The van der Waals surface area contributed by atoms with E-state index < -0.39 is 5.60 Å². The molecule has 0 bridgehead atoms. The molecule has 162 valence electrons.